The first-order valence-electron chi connectivity index (χ1n) is 14.1. The monoisotopic (exact) mass is 573 g/mol. The molecule has 0 saturated carbocycles. The molecule has 0 aromatic heterocycles. The van der Waals surface area contributed by atoms with Gasteiger partial charge in [0, 0.05) is 18.0 Å². The first-order valence-corrected chi connectivity index (χ1v) is 14.1. The Balaban J connectivity index is 1.43. The summed E-state index contributed by atoms with van der Waals surface area (Å²) in [4.78, 5) is 39.6. The van der Waals surface area contributed by atoms with E-state index in [1.54, 1.807) is 32.0 Å². The molecule has 222 valence electrons. The molecule has 0 radical (unpaired) electrons. The molecule has 1 aliphatic rings. The molecule has 0 fully saturated rings. The summed E-state index contributed by atoms with van der Waals surface area (Å²) in [7, 11) is 0. The van der Waals surface area contributed by atoms with Crippen molar-refractivity contribution in [1.82, 2.24) is 16.0 Å². The molecular weight excluding hydrogens is 534 g/mol. The average Bonchev–Trinajstić information content (AvgIpc) is 2.97. The Bertz CT molecular complexity index is 1390. The largest absolute Gasteiger partial charge is 0.490 e. The van der Waals surface area contributed by atoms with Crippen molar-refractivity contribution in [2.45, 2.75) is 63.9 Å². The van der Waals surface area contributed by atoms with Crippen LogP contribution >= 0.6 is 0 Å². The molecule has 3 amide bonds. The standard InChI is InChI=1S/C33H39N3O6/c1-21-11-7-8-14-23(21)19-34-32(41)33(2,3)36-31(40)26(37)18-24(17-22-12-5-4-6-13-22)30(39)35-29-25-15-9-10-16-28(25)42-20-27(29)38/h4-16,24,26-27,29,37-38H,17-20H2,1-3H3,(H,34,41)(H,35,39)(H,36,40)/t24-,26-,27+,29-/m0/s1. The van der Waals surface area contributed by atoms with Crippen molar-refractivity contribution in [3.8, 4) is 5.75 Å². The Kier molecular flexibility index (Phi) is 9.98. The van der Waals surface area contributed by atoms with Gasteiger partial charge in [0.05, 0.1) is 6.04 Å². The van der Waals surface area contributed by atoms with Gasteiger partial charge in [0.15, 0.2) is 0 Å². The molecule has 0 aliphatic carbocycles. The number of aliphatic hydroxyl groups excluding tert-OH is 2. The van der Waals surface area contributed by atoms with Crippen LogP contribution in [0.2, 0.25) is 0 Å². The van der Waals surface area contributed by atoms with Gasteiger partial charge in [-0.1, -0.05) is 72.8 Å². The number of ether oxygens (including phenoxy) is 1. The fraction of sp³-hybridized carbons (Fsp3) is 0.364. The Morgan fingerprint density at radius 1 is 0.952 bits per heavy atom. The predicted molar refractivity (Wildman–Crippen MR) is 158 cm³/mol. The van der Waals surface area contributed by atoms with E-state index >= 15 is 0 Å². The highest BCUT2D eigenvalue weighted by Crippen LogP contribution is 2.32. The zero-order valence-electron chi connectivity index (χ0n) is 24.2. The molecule has 3 aromatic rings. The van der Waals surface area contributed by atoms with Gasteiger partial charge in [0.2, 0.25) is 17.7 Å². The third-order valence-corrected chi connectivity index (χ3v) is 7.56. The fourth-order valence-corrected chi connectivity index (χ4v) is 5.00. The van der Waals surface area contributed by atoms with Gasteiger partial charge in [-0.2, -0.15) is 0 Å². The summed E-state index contributed by atoms with van der Waals surface area (Å²) in [6.07, 6.45) is -2.44. The molecule has 9 nitrogen and oxygen atoms in total. The first-order chi connectivity index (χ1) is 20.0. The number of fused-ring (bicyclic) bond motifs is 1. The average molecular weight is 574 g/mol. The van der Waals surface area contributed by atoms with E-state index in [4.69, 9.17) is 4.74 Å². The van der Waals surface area contributed by atoms with E-state index in [0.29, 0.717) is 17.9 Å². The van der Waals surface area contributed by atoms with Crippen LogP contribution in [-0.2, 0) is 27.3 Å². The highest BCUT2D eigenvalue weighted by molar-refractivity contribution is 5.92. The van der Waals surface area contributed by atoms with E-state index in [1.807, 2.05) is 67.6 Å². The van der Waals surface area contributed by atoms with Crippen LogP contribution in [0, 0.1) is 12.8 Å². The minimum Gasteiger partial charge on any atom is -0.490 e. The van der Waals surface area contributed by atoms with Gasteiger partial charge in [-0.15, -0.1) is 0 Å². The molecule has 5 N–H and O–H groups in total. The van der Waals surface area contributed by atoms with Crippen LogP contribution in [0.4, 0.5) is 0 Å². The molecule has 42 heavy (non-hydrogen) atoms. The minimum absolute atomic E-state index is 0.0251. The van der Waals surface area contributed by atoms with Gasteiger partial charge in [-0.3, -0.25) is 14.4 Å². The normalized spacial score (nSPS) is 17.6. The lowest BCUT2D eigenvalue weighted by molar-refractivity contribution is -0.138. The quantitative estimate of drug-likeness (QED) is 0.239. The van der Waals surface area contributed by atoms with Crippen LogP contribution in [-0.4, -0.2) is 52.3 Å². The molecule has 0 unspecified atom stereocenters. The molecular formula is C33H39N3O6. The second-order valence-corrected chi connectivity index (χ2v) is 11.3. The van der Waals surface area contributed by atoms with Crippen LogP contribution in [0.5, 0.6) is 5.75 Å². The van der Waals surface area contributed by atoms with Crippen molar-refractivity contribution in [3.05, 3.63) is 101 Å². The van der Waals surface area contributed by atoms with E-state index in [-0.39, 0.29) is 19.4 Å². The zero-order chi connectivity index (χ0) is 30.3. The Morgan fingerprint density at radius 2 is 1.62 bits per heavy atom. The number of para-hydroxylation sites is 1. The number of hydrogen-bond acceptors (Lipinski definition) is 6. The predicted octanol–water partition coefficient (Wildman–Crippen LogP) is 2.73. The summed E-state index contributed by atoms with van der Waals surface area (Å²) >= 11 is 0. The van der Waals surface area contributed by atoms with E-state index in [0.717, 1.165) is 16.7 Å². The highest BCUT2D eigenvalue weighted by Gasteiger charge is 2.36. The third kappa shape index (κ3) is 7.74. The van der Waals surface area contributed by atoms with Crippen molar-refractivity contribution >= 4 is 17.7 Å². The van der Waals surface area contributed by atoms with Gasteiger partial charge >= 0.3 is 0 Å². The van der Waals surface area contributed by atoms with Gasteiger partial charge in [0.1, 0.15) is 30.1 Å². The molecule has 0 spiro atoms. The number of carbonyl (C=O) groups excluding carboxylic acids is 3. The van der Waals surface area contributed by atoms with E-state index in [1.165, 1.54) is 0 Å². The van der Waals surface area contributed by atoms with Gasteiger partial charge in [-0.05, 0) is 56.4 Å². The molecule has 3 aromatic carbocycles. The first kappa shape index (κ1) is 30.7. The Morgan fingerprint density at radius 3 is 2.36 bits per heavy atom. The molecule has 9 heteroatoms. The van der Waals surface area contributed by atoms with Crippen LogP contribution in [0.1, 0.15) is 48.6 Å². The summed E-state index contributed by atoms with van der Waals surface area (Å²) in [5.41, 5.74) is 2.19. The molecule has 0 bridgehead atoms. The second-order valence-electron chi connectivity index (χ2n) is 11.3. The number of aryl methyl sites for hydroxylation is 1. The topological polar surface area (TPSA) is 137 Å². The number of amides is 3. The summed E-state index contributed by atoms with van der Waals surface area (Å²) in [5.74, 6) is -1.80. The summed E-state index contributed by atoms with van der Waals surface area (Å²) in [6.45, 7) is 5.39. The lowest BCUT2D eigenvalue weighted by atomic mass is 9.90. The maximum Gasteiger partial charge on any atom is 0.249 e. The minimum atomic E-state index is -1.56. The number of carbonyl (C=O) groups is 3. The molecule has 4 rings (SSSR count). The summed E-state index contributed by atoms with van der Waals surface area (Å²) in [6, 6.07) is 23.4. The van der Waals surface area contributed by atoms with Crippen molar-refractivity contribution in [1.29, 1.82) is 0 Å². The molecule has 1 aliphatic heterocycles. The number of benzene rings is 3. The SMILES string of the molecule is Cc1ccccc1CNC(=O)C(C)(C)NC(=O)[C@@H](O)C[C@H](Cc1ccccc1)C(=O)N[C@H]1c2ccccc2OC[C@H]1O. The third-order valence-electron chi connectivity index (χ3n) is 7.56. The molecule has 4 atom stereocenters. The lowest BCUT2D eigenvalue weighted by Crippen LogP contribution is -2.57. The number of rotatable bonds is 11. The van der Waals surface area contributed by atoms with Gasteiger partial charge < -0.3 is 30.9 Å². The van der Waals surface area contributed by atoms with Crippen LogP contribution in [0.25, 0.3) is 0 Å². The highest BCUT2D eigenvalue weighted by atomic mass is 16.5. The van der Waals surface area contributed by atoms with Gasteiger partial charge in [0.25, 0.3) is 0 Å². The van der Waals surface area contributed by atoms with Crippen molar-refractivity contribution in [2.24, 2.45) is 5.92 Å². The van der Waals surface area contributed by atoms with Crippen LogP contribution < -0.4 is 20.7 Å². The van der Waals surface area contributed by atoms with Crippen LogP contribution in [0.3, 0.4) is 0 Å². The van der Waals surface area contributed by atoms with Gasteiger partial charge in [-0.25, -0.2) is 0 Å². The Labute approximate surface area is 246 Å². The van der Waals surface area contributed by atoms with E-state index in [2.05, 4.69) is 16.0 Å². The summed E-state index contributed by atoms with van der Waals surface area (Å²) in [5, 5.41) is 29.9. The smallest absolute Gasteiger partial charge is 0.249 e. The lowest BCUT2D eigenvalue weighted by Gasteiger charge is -2.32. The molecule has 0 saturated heterocycles. The zero-order valence-corrected chi connectivity index (χ0v) is 24.2. The summed E-state index contributed by atoms with van der Waals surface area (Å²) < 4.78 is 5.59. The Hall–Kier alpha value is -4.21. The van der Waals surface area contributed by atoms with Crippen molar-refractivity contribution < 1.29 is 29.3 Å². The number of aliphatic hydroxyl groups is 2. The fourth-order valence-electron chi connectivity index (χ4n) is 5.00. The van der Waals surface area contributed by atoms with Crippen molar-refractivity contribution in [2.75, 3.05) is 6.61 Å². The number of hydrogen-bond donors (Lipinski definition) is 5. The van der Waals surface area contributed by atoms with E-state index < -0.39 is 47.4 Å². The maximum atomic E-state index is 13.6. The maximum absolute atomic E-state index is 13.6. The number of nitrogens with one attached hydrogen (secondary N) is 3. The van der Waals surface area contributed by atoms with Crippen LogP contribution in [0.15, 0.2) is 78.9 Å². The molecule has 1 heterocycles. The van der Waals surface area contributed by atoms with Crippen molar-refractivity contribution in [3.63, 3.8) is 0 Å². The van der Waals surface area contributed by atoms with E-state index in [9.17, 15) is 24.6 Å². The second kappa shape index (κ2) is 13.6.